The third kappa shape index (κ3) is 24.9. The summed E-state index contributed by atoms with van der Waals surface area (Å²) in [6.45, 7) is 5.82. The number of amides is 8. The van der Waals surface area contributed by atoms with Gasteiger partial charge in [0.1, 0.15) is 42.3 Å². The van der Waals surface area contributed by atoms with Gasteiger partial charge in [-0.05, 0) is 69.7 Å². The van der Waals surface area contributed by atoms with E-state index in [2.05, 4.69) is 31.9 Å². The van der Waals surface area contributed by atoms with Crippen LogP contribution in [0.5, 0.6) is 0 Å². The Balaban J connectivity index is 6.49. The van der Waals surface area contributed by atoms with Crippen molar-refractivity contribution >= 4 is 71.1 Å². The fraction of sp³-hybridized carbons (Fsp3) is 0.707. The molecule has 0 saturated carbocycles. The van der Waals surface area contributed by atoms with Gasteiger partial charge in [0.15, 0.2) is 0 Å². The molecule has 0 unspecified atom stereocenters. The molecule has 0 aromatic rings. The van der Waals surface area contributed by atoms with E-state index in [9.17, 15) is 72.9 Å². The highest BCUT2D eigenvalue weighted by molar-refractivity contribution is 5.98. The number of unbranched alkanes of at least 4 members (excludes halogenated alkanes) is 1. The maximum Gasteiger partial charge on any atom is 0.326 e. The van der Waals surface area contributed by atoms with E-state index >= 15 is 0 Å². The molecule has 8 amide bonds. The van der Waals surface area contributed by atoms with Crippen molar-refractivity contribution in [3.05, 3.63) is 0 Å². The molecule has 386 valence electrons. The number of aliphatic hydroxyl groups excluding tert-OH is 1. The highest BCUT2D eigenvalue weighted by Gasteiger charge is 2.36. The van der Waals surface area contributed by atoms with Gasteiger partial charge in [-0.1, -0.05) is 34.1 Å². The van der Waals surface area contributed by atoms with E-state index in [0.29, 0.717) is 12.8 Å². The maximum atomic E-state index is 14.0. The van der Waals surface area contributed by atoms with Crippen LogP contribution in [0.2, 0.25) is 0 Å². The predicted molar refractivity (Wildman–Crippen MR) is 237 cm³/mol. The fourth-order valence-corrected chi connectivity index (χ4v) is 6.27. The van der Waals surface area contributed by atoms with Gasteiger partial charge in [-0.2, -0.15) is 0 Å². The van der Waals surface area contributed by atoms with Gasteiger partial charge in [0.05, 0.1) is 12.6 Å². The number of nitrogens with one attached hydrogen (secondary N) is 7. The Morgan fingerprint density at radius 1 is 0.485 bits per heavy atom. The van der Waals surface area contributed by atoms with Crippen molar-refractivity contribution in [1.82, 2.24) is 37.2 Å². The molecular weight excluding hydrogens is 905 g/mol. The number of aliphatic carboxylic acids is 4. The molecule has 0 aromatic carbocycles. The first-order valence-electron chi connectivity index (χ1n) is 22.1. The second kappa shape index (κ2) is 32.3. The fourth-order valence-electron chi connectivity index (χ4n) is 6.27. The van der Waals surface area contributed by atoms with Gasteiger partial charge >= 0.3 is 23.9 Å². The van der Waals surface area contributed by atoms with Crippen LogP contribution >= 0.6 is 0 Å². The lowest BCUT2D eigenvalue weighted by molar-refractivity contribution is -0.144. The van der Waals surface area contributed by atoms with Crippen LogP contribution in [0.1, 0.15) is 111 Å². The van der Waals surface area contributed by atoms with Gasteiger partial charge < -0.3 is 80.0 Å². The Labute approximate surface area is 392 Å². The van der Waals surface area contributed by atoms with Crippen molar-refractivity contribution in [1.29, 1.82) is 0 Å². The van der Waals surface area contributed by atoms with E-state index in [1.165, 1.54) is 0 Å². The SMILES string of the molecule is CC[C@H](C)[C@H](NC(=O)[C@H](CC(C)C)NC(=O)[C@H](CCCCN)NC(=O)[C@H](CCC(N)=O)NC(=O)[C@@H](N)CCC(=O)O)C(=O)N[C@@H](CO)C(=O)N[C@@H](CCC(=O)O)C(=O)N[C@@H](CCC(=O)O)C(=O)O. The number of carbonyl (C=O) groups is 12. The summed E-state index contributed by atoms with van der Waals surface area (Å²) in [6.07, 6.45) is -3.02. The van der Waals surface area contributed by atoms with Crippen LogP contribution in [0.25, 0.3) is 0 Å². The molecule has 0 spiro atoms. The first-order chi connectivity index (χ1) is 31.8. The van der Waals surface area contributed by atoms with Gasteiger partial charge in [-0.25, -0.2) is 4.79 Å². The third-order valence-corrected chi connectivity index (χ3v) is 10.4. The molecule has 0 fully saturated rings. The van der Waals surface area contributed by atoms with Crippen LogP contribution in [0.3, 0.4) is 0 Å². The van der Waals surface area contributed by atoms with Crippen molar-refractivity contribution in [3.8, 4) is 0 Å². The Bertz CT molecular complexity index is 1770. The summed E-state index contributed by atoms with van der Waals surface area (Å²) in [5.74, 6) is -14.4. The maximum absolute atomic E-state index is 14.0. The molecule has 0 radical (unpaired) electrons. The Morgan fingerprint density at radius 2 is 0.882 bits per heavy atom. The number of rotatable bonds is 36. The molecule has 0 aliphatic rings. The zero-order valence-corrected chi connectivity index (χ0v) is 38.7. The summed E-state index contributed by atoms with van der Waals surface area (Å²) < 4.78 is 0. The summed E-state index contributed by atoms with van der Waals surface area (Å²) in [5.41, 5.74) is 16.7. The van der Waals surface area contributed by atoms with Crippen molar-refractivity contribution in [2.45, 2.75) is 160 Å². The minimum Gasteiger partial charge on any atom is -0.481 e. The topological polar surface area (TPSA) is 468 Å². The molecule has 27 nitrogen and oxygen atoms in total. The molecule has 0 aliphatic carbocycles. The minimum absolute atomic E-state index is 0.0120. The van der Waals surface area contributed by atoms with E-state index in [1.807, 2.05) is 5.32 Å². The number of hydrogen-bond donors (Lipinski definition) is 15. The molecule has 0 saturated heterocycles. The molecule has 0 aliphatic heterocycles. The molecule has 0 bridgehead atoms. The van der Waals surface area contributed by atoms with Crippen LogP contribution in [0.4, 0.5) is 0 Å². The molecular formula is C41H70N10O17. The molecule has 27 heteroatoms. The van der Waals surface area contributed by atoms with Gasteiger partial charge in [-0.15, -0.1) is 0 Å². The lowest BCUT2D eigenvalue weighted by Crippen LogP contribution is -2.61. The van der Waals surface area contributed by atoms with Crippen molar-refractivity contribution in [2.75, 3.05) is 13.2 Å². The molecule has 68 heavy (non-hydrogen) atoms. The van der Waals surface area contributed by atoms with Crippen LogP contribution in [-0.4, -0.2) is 158 Å². The number of carboxylic acids is 4. The number of nitrogens with two attached hydrogens (primary N) is 3. The summed E-state index contributed by atoms with van der Waals surface area (Å²) in [5, 5.41) is 63.3. The second-order valence-corrected chi connectivity index (χ2v) is 16.6. The highest BCUT2D eigenvalue weighted by atomic mass is 16.4. The predicted octanol–water partition coefficient (Wildman–Crippen LogP) is -4.13. The first-order valence-corrected chi connectivity index (χ1v) is 22.1. The lowest BCUT2D eigenvalue weighted by Gasteiger charge is -2.30. The lowest BCUT2D eigenvalue weighted by atomic mass is 9.96. The molecule has 0 aromatic heterocycles. The monoisotopic (exact) mass is 974 g/mol. The van der Waals surface area contributed by atoms with E-state index < -0.39 is 164 Å². The van der Waals surface area contributed by atoms with Crippen LogP contribution in [0.15, 0.2) is 0 Å². The number of carboxylic acid groups (broad SMARTS) is 4. The summed E-state index contributed by atoms with van der Waals surface area (Å²) >= 11 is 0. The molecule has 18 N–H and O–H groups in total. The molecule has 0 heterocycles. The first kappa shape index (κ1) is 61.5. The normalized spacial score (nSPS) is 15.0. The number of hydrogen-bond acceptors (Lipinski definition) is 15. The number of primary amides is 1. The quantitative estimate of drug-likeness (QED) is 0.0265. The standard InChI is InChI=1S/C41H70N10O17/c1-5-21(4)33(40(66)50-28(19-52)39(65)47-25(11-15-31(56)57)37(63)48-26(41(67)68)12-16-32(58)59)51-38(64)27(18-20(2)3)49-35(61)23(8-6-7-17-42)46-36(62)24(10-13-29(44)53)45-34(60)22(43)9-14-30(54)55/h20-28,33,52H,5-19,42-43H2,1-4H3,(H2,44,53)(H,45,60)(H,46,62)(H,47,65)(H,48,63)(H,49,61)(H,50,66)(H,51,64)(H,54,55)(H,56,57)(H,58,59)(H,67,68)/t21-,22-,23-,24-,25-,26-,27-,28-,33-/m0/s1. The van der Waals surface area contributed by atoms with Gasteiger partial charge in [-0.3, -0.25) is 52.7 Å². The summed E-state index contributed by atoms with van der Waals surface area (Å²) in [6, 6.07) is -12.3. The minimum atomic E-state index is -1.82. The Hall–Kier alpha value is -6.48. The van der Waals surface area contributed by atoms with Crippen molar-refractivity contribution in [3.63, 3.8) is 0 Å². The van der Waals surface area contributed by atoms with Crippen molar-refractivity contribution < 1.29 is 83.1 Å². The zero-order chi connectivity index (χ0) is 52.3. The van der Waals surface area contributed by atoms with E-state index in [4.69, 9.17) is 27.4 Å². The van der Waals surface area contributed by atoms with E-state index in [-0.39, 0.29) is 51.0 Å². The van der Waals surface area contributed by atoms with Crippen LogP contribution in [0, 0.1) is 11.8 Å². The Morgan fingerprint density at radius 3 is 1.32 bits per heavy atom. The van der Waals surface area contributed by atoms with E-state index in [1.54, 1.807) is 27.7 Å². The van der Waals surface area contributed by atoms with Crippen LogP contribution < -0.4 is 54.4 Å². The van der Waals surface area contributed by atoms with Gasteiger partial charge in [0.2, 0.25) is 47.3 Å². The smallest absolute Gasteiger partial charge is 0.326 e. The largest absolute Gasteiger partial charge is 0.481 e. The highest BCUT2D eigenvalue weighted by Crippen LogP contribution is 2.13. The number of carbonyl (C=O) groups excluding carboxylic acids is 8. The number of aliphatic hydroxyl groups is 1. The average molecular weight is 975 g/mol. The van der Waals surface area contributed by atoms with Gasteiger partial charge in [0, 0.05) is 25.7 Å². The van der Waals surface area contributed by atoms with Crippen LogP contribution in [-0.2, 0) is 57.5 Å². The van der Waals surface area contributed by atoms with E-state index in [0.717, 1.165) is 0 Å². The summed E-state index contributed by atoms with van der Waals surface area (Å²) in [7, 11) is 0. The molecule has 0 rings (SSSR count). The van der Waals surface area contributed by atoms with Gasteiger partial charge in [0.25, 0.3) is 0 Å². The van der Waals surface area contributed by atoms with Crippen molar-refractivity contribution in [2.24, 2.45) is 29.0 Å². The zero-order valence-electron chi connectivity index (χ0n) is 38.7. The average Bonchev–Trinajstić information content (AvgIpc) is 3.25. The Kier molecular flexibility index (Phi) is 29.2. The molecule has 9 atom stereocenters. The third-order valence-electron chi connectivity index (χ3n) is 10.4. The summed E-state index contributed by atoms with van der Waals surface area (Å²) in [4.78, 5) is 151. The second-order valence-electron chi connectivity index (χ2n) is 16.6.